The number of esters is 1. The minimum atomic E-state index is -0.469. The summed E-state index contributed by atoms with van der Waals surface area (Å²) in [5.41, 5.74) is 5.68. The van der Waals surface area contributed by atoms with Crippen LogP contribution >= 0.6 is 0 Å². The largest absolute Gasteiger partial charge is 0.463 e. The number of amides is 1. The van der Waals surface area contributed by atoms with Crippen LogP contribution in [0.4, 0.5) is 0 Å². The van der Waals surface area contributed by atoms with E-state index in [-0.39, 0.29) is 24.9 Å². The van der Waals surface area contributed by atoms with E-state index in [9.17, 15) is 9.59 Å². The topological polar surface area (TPSA) is 82.5 Å². The lowest BCUT2D eigenvalue weighted by atomic mass is 10.2. The SMILES string of the molecule is CC(=O)OC[C@@H]1CCC([n+]2cccc(C(N)=O)c2)O1. The lowest BCUT2D eigenvalue weighted by molar-refractivity contribution is -0.759. The van der Waals surface area contributed by atoms with Gasteiger partial charge in [0.05, 0.1) is 6.10 Å². The Kier molecular flexibility index (Phi) is 4.11. The van der Waals surface area contributed by atoms with E-state index in [0.717, 1.165) is 12.8 Å². The molecule has 6 heteroatoms. The molecule has 1 aliphatic rings. The van der Waals surface area contributed by atoms with Crippen molar-refractivity contribution in [1.82, 2.24) is 0 Å². The second-order valence-corrected chi connectivity index (χ2v) is 4.50. The molecule has 0 aromatic carbocycles. The van der Waals surface area contributed by atoms with Crippen molar-refractivity contribution in [3.05, 3.63) is 30.1 Å². The van der Waals surface area contributed by atoms with Gasteiger partial charge < -0.3 is 15.2 Å². The van der Waals surface area contributed by atoms with E-state index in [2.05, 4.69) is 0 Å². The van der Waals surface area contributed by atoms with E-state index in [0.29, 0.717) is 5.56 Å². The lowest BCUT2D eigenvalue weighted by Gasteiger charge is -2.10. The van der Waals surface area contributed by atoms with Crippen molar-refractivity contribution >= 4 is 11.9 Å². The van der Waals surface area contributed by atoms with Crippen molar-refractivity contribution in [3.8, 4) is 0 Å². The van der Waals surface area contributed by atoms with Crippen molar-refractivity contribution in [2.24, 2.45) is 5.73 Å². The molecule has 1 unspecified atom stereocenters. The van der Waals surface area contributed by atoms with Gasteiger partial charge >= 0.3 is 5.97 Å². The molecular weight excluding hydrogens is 248 g/mol. The lowest BCUT2D eigenvalue weighted by Crippen LogP contribution is -2.40. The molecule has 19 heavy (non-hydrogen) atoms. The summed E-state index contributed by atoms with van der Waals surface area (Å²) in [6.07, 6.45) is 4.86. The van der Waals surface area contributed by atoms with Crippen LogP contribution in [0.1, 0.15) is 36.4 Å². The van der Waals surface area contributed by atoms with Crippen LogP contribution in [0.5, 0.6) is 0 Å². The first-order valence-corrected chi connectivity index (χ1v) is 6.15. The number of nitrogens with two attached hydrogens (primary N) is 1. The van der Waals surface area contributed by atoms with Gasteiger partial charge in [-0.25, -0.2) is 0 Å². The van der Waals surface area contributed by atoms with Crippen LogP contribution in [-0.2, 0) is 14.3 Å². The molecule has 1 aromatic heterocycles. The van der Waals surface area contributed by atoms with Crippen molar-refractivity contribution < 1.29 is 23.6 Å². The van der Waals surface area contributed by atoms with Crippen LogP contribution in [-0.4, -0.2) is 24.6 Å². The first kappa shape index (κ1) is 13.5. The van der Waals surface area contributed by atoms with Crippen molar-refractivity contribution in [2.75, 3.05) is 6.61 Å². The monoisotopic (exact) mass is 265 g/mol. The molecule has 2 atom stereocenters. The van der Waals surface area contributed by atoms with Gasteiger partial charge in [0, 0.05) is 19.4 Å². The fourth-order valence-corrected chi connectivity index (χ4v) is 2.06. The number of carbonyl (C=O) groups excluding carboxylic acids is 2. The average molecular weight is 265 g/mol. The minimum absolute atomic E-state index is 0.0985. The maximum Gasteiger partial charge on any atom is 0.302 e. The molecule has 1 aliphatic heterocycles. The fourth-order valence-electron chi connectivity index (χ4n) is 2.06. The smallest absolute Gasteiger partial charge is 0.302 e. The Morgan fingerprint density at radius 3 is 3.00 bits per heavy atom. The van der Waals surface area contributed by atoms with Crippen LogP contribution in [0.2, 0.25) is 0 Å². The molecule has 1 saturated heterocycles. The summed E-state index contributed by atoms with van der Waals surface area (Å²) in [4.78, 5) is 21.9. The minimum Gasteiger partial charge on any atom is -0.463 e. The fraction of sp³-hybridized carbons (Fsp3) is 0.462. The molecule has 0 saturated carbocycles. The second-order valence-electron chi connectivity index (χ2n) is 4.50. The summed E-state index contributed by atoms with van der Waals surface area (Å²) in [7, 11) is 0. The van der Waals surface area contributed by atoms with Gasteiger partial charge in [-0.15, -0.1) is 0 Å². The summed E-state index contributed by atoms with van der Waals surface area (Å²) in [5.74, 6) is -0.778. The summed E-state index contributed by atoms with van der Waals surface area (Å²) < 4.78 is 12.5. The molecule has 2 heterocycles. The molecule has 0 aliphatic carbocycles. The zero-order valence-electron chi connectivity index (χ0n) is 10.7. The molecule has 1 amide bonds. The number of rotatable bonds is 4. The molecular formula is C13H17N2O4+. The third-order valence-corrected chi connectivity index (χ3v) is 3.00. The number of aromatic nitrogens is 1. The number of hydrogen-bond donors (Lipinski definition) is 1. The maximum atomic E-state index is 11.1. The predicted octanol–water partition coefficient (Wildman–Crippen LogP) is 0.314. The van der Waals surface area contributed by atoms with Gasteiger partial charge in [-0.2, -0.15) is 4.57 Å². The Morgan fingerprint density at radius 1 is 1.53 bits per heavy atom. The van der Waals surface area contributed by atoms with E-state index in [1.807, 2.05) is 10.8 Å². The van der Waals surface area contributed by atoms with Gasteiger partial charge in [-0.05, 0) is 12.5 Å². The highest BCUT2D eigenvalue weighted by Crippen LogP contribution is 2.24. The molecule has 0 radical (unpaired) electrons. The molecule has 0 spiro atoms. The highest BCUT2D eigenvalue weighted by atomic mass is 16.6. The van der Waals surface area contributed by atoms with Crippen molar-refractivity contribution in [2.45, 2.75) is 32.1 Å². The molecule has 2 rings (SSSR count). The Morgan fingerprint density at radius 2 is 2.32 bits per heavy atom. The van der Waals surface area contributed by atoms with E-state index in [1.165, 1.54) is 6.92 Å². The number of carbonyl (C=O) groups is 2. The third-order valence-electron chi connectivity index (χ3n) is 3.00. The standard InChI is InChI=1S/C13H16N2O4/c1-9(16)18-8-11-4-5-12(19-11)15-6-2-3-10(7-15)13(14)17/h2-3,6-7,11-12H,4-5,8H2,1H3,(H-,14,17)/p+1/t11-,12?/m0/s1. The number of nitrogens with zero attached hydrogens (tertiary/aromatic N) is 1. The Balaban J connectivity index is 1.98. The average Bonchev–Trinajstić information content (AvgIpc) is 2.85. The third kappa shape index (κ3) is 3.51. The van der Waals surface area contributed by atoms with Gasteiger partial charge in [0.2, 0.25) is 0 Å². The van der Waals surface area contributed by atoms with Crippen molar-refractivity contribution in [1.29, 1.82) is 0 Å². The second kappa shape index (κ2) is 5.79. The van der Waals surface area contributed by atoms with Gasteiger partial charge in [0.1, 0.15) is 12.2 Å². The zero-order valence-corrected chi connectivity index (χ0v) is 10.7. The van der Waals surface area contributed by atoms with E-state index in [4.69, 9.17) is 15.2 Å². The Hall–Kier alpha value is -1.95. The number of pyridine rings is 1. The summed E-state index contributed by atoms with van der Waals surface area (Å²) >= 11 is 0. The van der Waals surface area contributed by atoms with Gasteiger partial charge in [0.15, 0.2) is 12.4 Å². The molecule has 0 bridgehead atoms. The van der Waals surface area contributed by atoms with Crippen LogP contribution in [0.15, 0.2) is 24.5 Å². The Labute approximate surface area is 111 Å². The van der Waals surface area contributed by atoms with Crippen LogP contribution in [0, 0.1) is 0 Å². The van der Waals surface area contributed by atoms with E-state index < -0.39 is 5.91 Å². The molecule has 102 valence electrons. The molecule has 1 fully saturated rings. The summed E-state index contributed by atoms with van der Waals surface area (Å²) in [6.45, 7) is 1.64. The van der Waals surface area contributed by atoms with E-state index in [1.54, 1.807) is 18.3 Å². The number of ether oxygens (including phenoxy) is 2. The van der Waals surface area contributed by atoms with Crippen LogP contribution < -0.4 is 10.3 Å². The highest BCUT2D eigenvalue weighted by Gasteiger charge is 2.32. The molecule has 1 aromatic rings. The first-order chi connectivity index (χ1) is 9.06. The highest BCUT2D eigenvalue weighted by molar-refractivity contribution is 5.92. The summed E-state index contributed by atoms with van der Waals surface area (Å²) in [5, 5.41) is 0. The molecule has 2 N–H and O–H groups in total. The van der Waals surface area contributed by atoms with Gasteiger partial charge in [-0.3, -0.25) is 9.59 Å². The predicted molar refractivity (Wildman–Crippen MR) is 64.9 cm³/mol. The van der Waals surface area contributed by atoms with Gasteiger partial charge in [-0.1, -0.05) is 0 Å². The summed E-state index contributed by atoms with van der Waals surface area (Å²) in [6, 6.07) is 3.41. The van der Waals surface area contributed by atoms with Gasteiger partial charge in [0.25, 0.3) is 12.1 Å². The number of primary amides is 1. The van der Waals surface area contributed by atoms with Crippen molar-refractivity contribution in [3.63, 3.8) is 0 Å². The number of hydrogen-bond acceptors (Lipinski definition) is 4. The zero-order chi connectivity index (χ0) is 13.8. The quantitative estimate of drug-likeness (QED) is 0.627. The van der Waals surface area contributed by atoms with Crippen LogP contribution in [0.3, 0.4) is 0 Å². The van der Waals surface area contributed by atoms with E-state index >= 15 is 0 Å². The Bertz CT molecular complexity index is 489. The van der Waals surface area contributed by atoms with Crippen LogP contribution in [0.25, 0.3) is 0 Å². The normalized spacial score (nSPS) is 22.2. The molecule has 6 nitrogen and oxygen atoms in total. The maximum absolute atomic E-state index is 11.1. The first-order valence-electron chi connectivity index (χ1n) is 6.15.